The lowest BCUT2D eigenvalue weighted by Crippen LogP contribution is -2.35. The molecule has 0 saturated carbocycles. The zero-order valence-electron chi connectivity index (χ0n) is 11.3. The molecule has 0 aliphatic carbocycles. The van der Waals surface area contributed by atoms with Gasteiger partial charge >= 0.3 is 0 Å². The summed E-state index contributed by atoms with van der Waals surface area (Å²) in [5, 5.41) is 0.0662. The highest BCUT2D eigenvalue weighted by atomic mass is 32.2. The van der Waals surface area contributed by atoms with E-state index in [9.17, 15) is 8.42 Å². The van der Waals surface area contributed by atoms with Crippen molar-refractivity contribution in [2.75, 3.05) is 10.0 Å². The van der Waals surface area contributed by atoms with Crippen LogP contribution >= 0.6 is 0 Å². The van der Waals surface area contributed by atoms with E-state index in [1.54, 1.807) is 23.7 Å². The predicted molar refractivity (Wildman–Crippen MR) is 76.9 cm³/mol. The van der Waals surface area contributed by atoms with Crippen molar-refractivity contribution in [2.24, 2.45) is 7.05 Å². The summed E-state index contributed by atoms with van der Waals surface area (Å²) < 4.78 is 28.5. The Balaban J connectivity index is 2.11. The number of nitrogens with zero attached hydrogens (tertiary/aromatic N) is 3. The number of imidazole rings is 1. The summed E-state index contributed by atoms with van der Waals surface area (Å²) in [5.41, 5.74) is 8.06. The molecule has 0 amide bonds. The molecule has 1 aliphatic rings. The summed E-state index contributed by atoms with van der Waals surface area (Å²) in [6.45, 7) is 1.89. The minimum absolute atomic E-state index is 0.0662. The molecule has 1 aliphatic heterocycles. The molecule has 0 radical (unpaired) electrons. The van der Waals surface area contributed by atoms with Gasteiger partial charge in [0.25, 0.3) is 10.0 Å². The summed E-state index contributed by atoms with van der Waals surface area (Å²) in [6, 6.07) is 5.17. The van der Waals surface area contributed by atoms with E-state index in [1.807, 2.05) is 13.0 Å². The number of benzene rings is 1. The van der Waals surface area contributed by atoms with Crippen LogP contribution in [0.5, 0.6) is 0 Å². The monoisotopic (exact) mass is 292 g/mol. The molecule has 1 unspecified atom stereocenters. The number of fused-ring (bicyclic) bond motifs is 1. The van der Waals surface area contributed by atoms with Crippen molar-refractivity contribution < 1.29 is 8.42 Å². The van der Waals surface area contributed by atoms with Gasteiger partial charge in [-0.25, -0.2) is 4.98 Å². The first-order valence-corrected chi connectivity index (χ1v) is 7.74. The van der Waals surface area contributed by atoms with Gasteiger partial charge in [0.15, 0.2) is 5.03 Å². The fraction of sp³-hybridized carbons (Fsp3) is 0.308. The van der Waals surface area contributed by atoms with Crippen molar-refractivity contribution >= 4 is 21.4 Å². The van der Waals surface area contributed by atoms with Crippen molar-refractivity contribution in [3.8, 4) is 0 Å². The Morgan fingerprint density at radius 2 is 2.15 bits per heavy atom. The maximum Gasteiger partial charge on any atom is 0.283 e. The minimum Gasteiger partial charge on any atom is -0.399 e. The molecule has 0 spiro atoms. The van der Waals surface area contributed by atoms with E-state index in [0.29, 0.717) is 17.8 Å². The third-order valence-corrected chi connectivity index (χ3v) is 5.27. The predicted octanol–water partition coefficient (Wildman–Crippen LogP) is 1.14. The van der Waals surface area contributed by atoms with Gasteiger partial charge in [-0.15, -0.1) is 0 Å². The van der Waals surface area contributed by atoms with Crippen molar-refractivity contribution in [1.82, 2.24) is 9.55 Å². The normalized spacial score (nSPS) is 18.3. The van der Waals surface area contributed by atoms with E-state index in [-0.39, 0.29) is 11.1 Å². The fourth-order valence-corrected chi connectivity index (χ4v) is 4.28. The van der Waals surface area contributed by atoms with Gasteiger partial charge in [-0.2, -0.15) is 8.42 Å². The lowest BCUT2D eigenvalue weighted by atomic mass is 10.1. The molecule has 2 aromatic rings. The molecule has 106 valence electrons. The zero-order chi connectivity index (χ0) is 14.5. The minimum atomic E-state index is -3.63. The first-order chi connectivity index (χ1) is 9.39. The number of hydrogen-bond donors (Lipinski definition) is 1. The van der Waals surface area contributed by atoms with E-state index in [0.717, 1.165) is 5.56 Å². The first kappa shape index (κ1) is 13.0. The SMILES string of the molecule is CC1Cc2cc(N)ccc2N1S(=O)(=O)c1cn(C)cn1. The summed E-state index contributed by atoms with van der Waals surface area (Å²) in [5.74, 6) is 0. The Labute approximate surface area is 117 Å². The van der Waals surface area contributed by atoms with E-state index in [1.165, 1.54) is 16.8 Å². The topological polar surface area (TPSA) is 81.2 Å². The van der Waals surface area contributed by atoms with Crippen LogP contribution in [0.1, 0.15) is 12.5 Å². The van der Waals surface area contributed by atoms with Crippen LogP contribution in [0.25, 0.3) is 0 Å². The highest BCUT2D eigenvalue weighted by Gasteiger charge is 2.37. The Morgan fingerprint density at radius 3 is 2.80 bits per heavy atom. The largest absolute Gasteiger partial charge is 0.399 e. The molecule has 3 rings (SSSR count). The van der Waals surface area contributed by atoms with Crippen molar-refractivity contribution in [1.29, 1.82) is 0 Å². The summed E-state index contributed by atoms with van der Waals surface area (Å²) in [4.78, 5) is 3.97. The molecular weight excluding hydrogens is 276 g/mol. The van der Waals surface area contributed by atoms with Crippen LogP contribution in [0, 0.1) is 0 Å². The average molecular weight is 292 g/mol. The molecule has 1 aromatic carbocycles. The number of nitrogen functional groups attached to an aromatic ring is 1. The fourth-order valence-electron chi connectivity index (χ4n) is 2.61. The van der Waals surface area contributed by atoms with E-state index in [2.05, 4.69) is 4.98 Å². The van der Waals surface area contributed by atoms with Gasteiger partial charge in [0.1, 0.15) is 0 Å². The van der Waals surface area contributed by atoms with Gasteiger partial charge in [-0.05, 0) is 37.1 Å². The summed E-state index contributed by atoms with van der Waals surface area (Å²) in [7, 11) is -1.89. The number of rotatable bonds is 2. The van der Waals surface area contributed by atoms with Gasteiger partial charge in [0.05, 0.1) is 12.0 Å². The Hall–Kier alpha value is -2.02. The molecule has 1 aromatic heterocycles. The lowest BCUT2D eigenvalue weighted by molar-refractivity contribution is 0.581. The first-order valence-electron chi connectivity index (χ1n) is 6.30. The van der Waals surface area contributed by atoms with Crippen LogP contribution in [0.2, 0.25) is 0 Å². The van der Waals surface area contributed by atoms with Crippen LogP contribution in [0.4, 0.5) is 11.4 Å². The molecule has 2 heterocycles. The lowest BCUT2D eigenvalue weighted by Gasteiger charge is -2.23. The number of sulfonamides is 1. The van der Waals surface area contributed by atoms with Crippen LogP contribution in [0.15, 0.2) is 35.7 Å². The zero-order valence-corrected chi connectivity index (χ0v) is 12.1. The Kier molecular flexibility index (Phi) is 2.75. The van der Waals surface area contributed by atoms with Crippen molar-refractivity contribution in [3.05, 3.63) is 36.3 Å². The number of anilines is 2. The molecule has 6 nitrogen and oxygen atoms in total. The van der Waals surface area contributed by atoms with E-state index >= 15 is 0 Å². The van der Waals surface area contributed by atoms with Gasteiger partial charge in [0, 0.05) is 25.0 Å². The maximum absolute atomic E-state index is 12.7. The van der Waals surface area contributed by atoms with Gasteiger partial charge in [-0.3, -0.25) is 4.31 Å². The highest BCUT2D eigenvalue weighted by molar-refractivity contribution is 7.92. The highest BCUT2D eigenvalue weighted by Crippen LogP contribution is 2.37. The van der Waals surface area contributed by atoms with Crippen molar-refractivity contribution in [3.63, 3.8) is 0 Å². The molecular formula is C13H16N4O2S. The number of aryl methyl sites for hydroxylation is 1. The van der Waals surface area contributed by atoms with Crippen LogP contribution in [0.3, 0.4) is 0 Å². The third kappa shape index (κ3) is 1.85. The molecule has 1 atom stereocenters. The molecule has 0 saturated heterocycles. The van der Waals surface area contributed by atoms with Crippen molar-refractivity contribution in [2.45, 2.75) is 24.4 Å². The van der Waals surface area contributed by atoms with Crippen LogP contribution in [-0.4, -0.2) is 24.0 Å². The molecule has 7 heteroatoms. The van der Waals surface area contributed by atoms with Gasteiger partial charge in [0.2, 0.25) is 0 Å². The smallest absolute Gasteiger partial charge is 0.283 e. The van der Waals surface area contributed by atoms with Crippen LogP contribution < -0.4 is 10.0 Å². The third-order valence-electron chi connectivity index (χ3n) is 3.46. The Morgan fingerprint density at radius 1 is 1.40 bits per heavy atom. The molecule has 2 N–H and O–H groups in total. The number of hydrogen-bond acceptors (Lipinski definition) is 4. The summed E-state index contributed by atoms with van der Waals surface area (Å²) in [6.07, 6.45) is 3.65. The van der Waals surface area contributed by atoms with E-state index in [4.69, 9.17) is 5.73 Å². The Bertz CT molecular complexity index is 766. The molecule has 20 heavy (non-hydrogen) atoms. The van der Waals surface area contributed by atoms with E-state index < -0.39 is 10.0 Å². The summed E-state index contributed by atoms with van der Waals surface area (Å²) >= 11 is 0. The number of nitrogens with two attached hydrogens (primary N) is 1. The molecule has 0 fully saturated rings. The second-order valence-electron chi connectivity index (χ2n) is 5.12. The second kappa shape index (κ2) is 4.24. The second-order valence-corrected chi connectivity index (χ2v) is 6.88. The molecule has 0 bridgehead atoms. The number of aromatic nitrogens is 2. The maximum atomic E-state index is 12.7. The quantitative estimate of drug-likeness (QED) is 0.842. The van der Waals surface area contributed by atoms with Gasteiger partial charge in [-0.1, -0.05) is 0 Å². The van der Waals surface area contributed by atoms with Gasteiger partial charge < -0.3 is 10.3 Å². The standard InChI is InChI=1S/C13H16N4O2S/c1-9-5-10-6-11(14)3-4-12(10)17(9)20(18,19)13-7-16(2)8-15-13/h3-4,6-9H,5,14H2,1-2H3. The average Bonchev–Trinajstić information content (AvgIpc) is 2.92. The van der Waals surface area contributed by atoms with Crippen LogP contribution in [-0.2, 0) is 23.5 Å².